The van der Waals surface area contributed by atoms with Gasteiger partial charge in [-0.25, -0.2) is 8.42 Å². The number of nitro benzene ring substituents is 1. The lowest BCUT2D eigenvalue weighted by Gasteiger charge is -2.45. The lowest BCUT2D eigenvalue weighted by molar-refractivity contribution is -0.384. The van der Waals surface area contributed by atoms with Crippen LogP contribution < -0.4 is 9.47 Å². The maximum Gasteiger partial charge on any atom is 0.269 e. The maximum atomic E-state index is 14.2. The molecule has 0 saturated carbocycles. The van der Waals surface area contributed by atoms with Crippen LogP contribution in [0, 0.1) is 10.1 Å². The van der Waals surface area contributed by atoms with Crippen LogP contribution in [-0.4, -0.2) is 51.4 Å². The van der Waals surface area contributed by atoms with Crippen molar-refractivity contribution in [2.24, 2.45) is 0 Å². The summed E-state index contributed by atoms with van der Waals surface area (Å²) >= 11 is 0. The van der Waals surface area contributed by atoms with Gasteiger partial charge in [0.25, 0.3) is 5.69 Å². The fraction of sp³-hybridized carbons (Fsp3) is 0.448. The Morgan fingerprint density at radius 2 is 1.80 bits per heavy atom. The number of hydrogen-bond acceptors (Lipinski definition) is 7. The predicted molar refractivity (Wildman–Crippen MR) is 155 cm³/mol. The Morgan fingerprint density at radius 3 is 2.42 bits per heavy atom. The molecule has 9 nitrogen and oxygen atoms in total. The summed E-state index contributed by atoms with van der Waals surface area (Å²) < 4.78 is 47.9. The van der Waals surface area contributed by atoms with Gasteiger partial charge in [0.05, 0.1) is 21.3 Å². The highest BCUT2D eigenvalue weighted by Crippen LogP contribution is 2.53. The summed E-state index contributed by atoms with van der Waals surface area (Å²) in [7, 11) is -6.17. The number of ether oxygens (including phenoxy) is 2. The second-order valence-corrected chi connectivity index (χ2v) is 18.7. The predicted octanol–water partition coefficient (Wildman–Crippen LogP) is 5.93. The van der Waals surface area contributed by atoms with Crippen LogP contribution in [0.3, 0.4) is 0 Å². The molecular weight excluding hydrogens is 548 g/mol. The van der Waals surface area contributed by atoms with Crippen LogP contribution in [0.5, 0.6) is 11.5 Å². The molecule has 0 spiro atoms. The second-order valence-electron chi connectivity index (χ2n) is 12.1. The van der Waals surface area contributed by atoms with E-state index in [1.807, 2.05) is 31.2 Å². The summed E-state index contributed by atoms with van der Waals surface area (Å²) in [4.78, 5) is 10.7. The number of nitro groups is 1. The minimum absolute atomic E-state index is 0.0125. The quantitative estimate of drug-likeness (QED) is 0.179. The van der Waals surface area contributed by atoms with Gasteiger partial charge in [0, 0.05) is 24.7 Å². The molecule has 1 saturated heterocycles. The molecule has 11 heteroatoms. The van der Waals surface area contributed by atoms with Crippen LogP contribution in [0.15, 0.2) is 71.2 Å². The molecule has 2 aromatic rings. The summed E-state index contributed by atoms with van der Waals surface area (Å²) in [6.45, 7) is 13.2. The van der Waals surface area contributed by atoms with Crippen molar-refractivity contribution in [2.75, 3.05) is 13.3 Å². The van der Waals surface area contributed by atoms with Crippen molar-refractivity contribution < 1.29 is 27.2 Å². The summed E-state index contributed by atoms with van der Waals surface area (Å²) in [6.07, 6.45) is 6.38. The number of fused-ring (bicyclic) bond motifs is 2. The van der Waals surface area contributed by atoms with Gasteiger partial charge in [-0.3, -0.25) is 10.1 Å². The first-order valence-corrected chi connectivity index (χ1v) is 17.7. The van der Waals surface area contributed by atoms with Gasteiger partial charge in [-0.15, -0.1) is 0 Å². The van der Waals surface area contributed by atoms with Crippen LogP contribution in [-0.2, 0) is 19.9 Å². The maximum absolute atomic E-state index is 14.2. The Kier molecular flexibility index (Phi) is 7.01. The van der Waals surface area contributed by atoms with E-state index in [1.54, 1.807) is 4.31 Å². The average Bonchev–Trinajstić information content (AvgIpc) is 3.50. The third-order valence-corrected chi connectivity index (χ3v) is 15.2. The van der Waals surface area contributed by atoms with Crippen LogP contribution in [0.1, 0.15) is 39.7 Å². The lowest BCUT2D eigenvalue weighted by Crippen LogP contribution is -2.51. The van der Waals surface area contributed by atoms with Crippen molar-refractivity contribution in [1.82, 2.24) is 4.31 Å². The van der Waals surface area contributed by atoms with E-state index < -0.39 is 34.7 Å². The van der Waals surface area contributed by atoms with Gasteiger partial charge in [-0.05, 0) is 66.9 Å². The SMILES string of the molecule is C/C=C1\CN(S(=O)(=O)c2ccc([N+](=O)[O-])cc2)[C@@H]2C[C@H](O[Si](C)(C)C(C)(C)C)C=C[C@]12c1ccc2c(c1)OCO2. The van der Waals surface area contributed by atoms with Gasteiger partial charge in [-0.2, -0.15) is 4.31 Å². The standard InChI is InChI=1S/C29H36N2O7SSi/c1-7-20-18-30(39(34,35)24-11-9-22(10-12-24)31(32)33)27-17-23(38-40(5,6)28(2,3)4)14-15-29(20,27)21-8-13-25-26(16-21)37-19-36-25/h7-16,23,27H,17-19H2,1-6H3/b20-7+/t23-,27-,29-/m1/s1. The second kappa shape index (κ2) is 9.83. The first-order valence-electron chi connectivity index (χ1n) is 13.4. The van der Waals surface area contributed by atoms with Crippen molar-refractivity contribution >= 4 is 24.0 Å². The molecule has 5 rings (SSSR count). The summed E-state index contributed by atoms with van der Waals surface area (Å²) in [5.74, 6) is 1.29. The largest absolute Gasteiger partial charge is 0.454 e. The number of allylic oxidation sites excluding steroid dienone is 1. The molecule has 40 heavy (non-hydrogen) atoms. The summed E-state index contributed by atoms with van der Waals surface area (Å²) in [5, 5.41) is 11.2. The summed E-state index contributed by atoms with van der Waals surface area (Å²) in [5.41, 5.74) is 0.964. The van der Waals surface area contributed by atoms with Gasteiger partial charge in [0.15, 0.2) is 19.8 Å². The first-order chi connectivity index (χ1) is 18.7. The van der Waals surface area contributed by atoms with E-state index in [9.17, 15) is 18.5 Å². The minimum atomic E-state index is -4.01. The molecule has 3 atom stereocenters. The highest BCUT2D eigenvalue weighted by atomic mass is 32.2. The molecule has 2 aromatic carbocycles. The highest BCUT2D eigenvalue weighted by molar-refractivity contribution is 7.89. The van der Waals surface area contributed by atoms with E-state index in [2.05, 4.69) is 46.0 Å². The average molecular weight is 585 g/mol. The molecule has 0 bridgehead atoms. The molecule has 0 N–H and O–H groups in total. The topological polar surface area (TPSA) is 108 Å². The Hall–Kier alpha value is -2.99. The molecule has 2 heterocycles. The molecule has 3 aliphatic rings. The number of sulfonamides is 1. The Balaban J connectivity index is 1.63. The molecule has 2 aliphatic heterocycles. The molecule has 0 aromatic heterocycles. The van der Waals surface area contributed by atoms with E-state index in [4.69, 9.17) is 13.9 Å². The van der Waals surface area contributed by atoms with Crippen LogP contribution in [0.4, 0.5) is 5.69 Å². The first kappa shape index (κ1) is 28.5. The molecule has 0 unspecified atom stereocenters. The third-order valence-electron chi connectivity index (χ3n) is 8.87. The lowest BCUT2D eigenvalue weighted by atomic mass is 9.67. The molecular formula is C29H36N2O7SSi. The molecule has 1 aliphatic carbocycles. The Labute approximate surface area is 236 Å². The number of benzene rings is 2. The zero-order valence-corrected chi connectivity index (χ0v) is 25.5. The van der Waals surface area contributed by atoms with Crippen molar-refractivity contribution in [3.63, 3.8) is 0 Å². The van der Waals surface area contributed by atoms with Crippen molar-refractivity contribution in [3.05, 3.63) is 81.9 Å². The van der Waals surface area contributed by atoms with Crippen LogP contribution in [0.25, 0.3) is 0 Å². The normalized spacial score (nSPS) is 25.8. The zero-order chi connectivity index (χ0) is 29.1. The van der Waals surface area contributed by atoms with Gasteiger partial charge in [0.1, 0.15) is 0 Å². The van der Waals surface area contributed by atoms with E-state index >= 15 is 0 Å². The third kappa shape index (κ3) is 4.58. The van der Waals surface area contributed by atoms with Gasteiger partial charge < -0.3 is 13.9 Å². The minimum Gasteiger partial charge on any atom is -0.454 e. The molecule has 214 valence electrons. The van der Waals surface area contributed by atoms with E-state index in [-0.39, 0.29) is 35.1 Å². The fourth-order valence-corrected chi connectivity index (χ4v) is 8.59. The number of nitrogens with zero attached hydrogens (tertiary/aromatic N) is 2. The summed E-state index contributed by atoms with van der Waals surface area (Å²) in [6, 6.07) is 10.4. The monoisotopic (exact) mass is 584 g/mol. The molecule has 1 fully saturated rings. The van der Waals surface area contributed by atoms with Crippen LogP contribution in [0.2, 0.25) is 18.1 Å². The number of hydrogen-bond donors (Lipinski definition) is 0. The molecule has 0 amide bonds. The number of non-ortho nitro benzene ring substituents is 1. The van der Waals surface area contributed by atoms with Gasteiger partial charge in [-0.1, -0.05) is 45.1 Å². The number of rotatable bonds is 6. The molecule has 0 radical (unpaired) electrons. The zero-order valence-electron chi connectivity index (χ0n) is 23.7. The van der Waals surface area contributed by atoms with Crippen LogP contribution >= 0.6 is 0 Å². The fourth-order valence-electron chi connectivity index (χ4n) is 5.66. The van der Waals surface area contributed by atoms with Crippen molar-refractivity contribution in [2.45, 2.75) is 74.7 Å². The van der Waals surface area contributed by atoms with Gasteiger partial charge in [0.2, 0.25) is 16.8 Å². The smallest absolute Gasteiger partial charge is 0.269 e. The van der Waals surface area contributed by atoms with E-state index in [1.165, 1.54) is 24.3 Å². The highest BCUT2D eigenvalue weighted by Gasteiger charge is 2.57. The van der Waals surface area contributed by atoms with E-state index in [0.29, 0.717) is 17.9 Å². The Bertz CT molecular complexity index is 1500. The van der Waals surface area contributed by atoms with Crippen molar-refractivity contribution in [3.8, 4) is 11.5 Å². The Morgan fingerprint density at radius 1 is 1.12 bits per heavy atom. The van der Waals surface area contributed by atoms with Crippen molar-refractivity contribution in [1.29, 1.82) is 0 Å². The van der Waals surface area contributed by atoms with E-state index in [0.717, 1.165) is 11.1 Å². The van der Waals surface area contributed by atoms with Gasteiger partial charge >= 0.3 is 0 Å².